The van der Waals surface area contributed by atoms with Gasteiger partial charge in [0.15, 0.2) is 12.6 Å². The second-order valence-corrected chi connectivity index (χ2v) is 12.0. The van der Waals surface area contributed by atoms with Crippen LogP contribution < -0.4 is 18.9 Å². The Hall–Kier alpha value is -4.44. The maximum absolute atomic E-state index is 10.8. The average Bonchev–Trinajstić information content (AvgIpc) is 3.83. The van der Waals surface area contributed by atoms with Crippen LogP contribution in [0.2, 0.25) is 0 Å². The molecular weight excluding hydrogens is 676 g/mol. The summed E-state index contributed by atoms with van der Waals surface area (Å²) >= 11 is 0. The van der Waals surface area contributed by atoms with Crippen LogP contribution in [0, 0.1) is 0 Å². The van der Waals surface area contributed by atoms with E-state index < -0.39 is 61.4 Å². The van der Waals surface area contributed by atoms with E-state index in [1.807, 2.05) is 0 Å². The smallest absolute Gasteiger partial charge is 0.189 e. The normalized spacial score (nSPS) is 29.5. The molecule has 2 aliphatic rings. The molecule has 51 heavy (non-hydrogen) atoms. The van der Waals surface area contributed by atoms with Gasteiger partial charge in [0, 0.05) is 23.3 Å². The Balaban J connectivity index is 1.14. The third-order valence-corrected chi connectivity index (χ3v) is 8.71. The van der Waals surface area contributed by atoms with Gasteiger partial charge in [-0.15, -0.1) is 10.2 Å². The number of aliphatic hydroxyl groups excluding tert-OH is 6. The molecule has 2 saturated heterocycles. The van der Waals surface area contributed by atoms with Crippen molar-refractivity contribution in [2.24, 2.45) is 0 Å². The van der Waals surface area contributed by atoms with Crippen LogP contribution in [0.15, 0.2) is 48.8 Å². The van der Waals surface area contributed by atoms with Crippen LogP contribution in [0.4, 0.5) is 0 Å². The lowest BCUT2D eigenvalue weighted by Crippen LogP contribution is -2.63. The van der Waals surface area contributed by atoms with Gasteiger partial charge in [0.1, 0.15) is 83.2 Å². The number of methoxy groups -OCH3 is 4. The molecule has 0 saturated carbocycles. The third-order valence-electron chi connectivity index (χ3n) is 8.71. The zero-order valence-electron chi connectivity index (χ0n) is 28.0. The van der Waals surface area contributed by atoms with Gasteiger partial charge in [-0.25, -0.2) is 9.36 Å². The van der Waals surface area contributed by atoms with E-state index in [1.165, 1.54) is 37.8 Å². The van der Waals surface area contributed by atoms with Gasteiger partial charge in [0.25, 0.3) is 0 Å². The van der Waals surface area contributed by atoms with E-state index >= 15 is 0 Å². The molecule has 10 atom stereocenters. The number of aromatic nitrogens is 6. The Morgan fingerprint density at radius 1 is 0.529 bits per heavy atom. The molecule has 19 nitrogen and oxygen atoms in total. The van der Waals surface area contributed by atoms with E-state index in [0.29, 0.717) is 45.5 Å². The fourth-order valence-corrected chi connectivity index (χ4v) is 5.81. The van der Waals surface area contributed by atoms with E-state index in [0.717, 1.165) is 0 Å². The minimum Gasteiger partial charge on any atom is -0.497 e. The summed E-state index contributed by atoms with van der Waals surface area (Å²) in [6.07, 6.45) is -12.7. The summed E-state index contributed by atoms with van der Waals surface area (Å²) in [6.45, 7) is -0.268. The van der Waals surface area contributed by atoms with E-state index in [4.69, 9.17) is 33.2 Å². The van der Waals surface area contributed by atoms with Crippen LogP contribution in [0.25, 0.3) is 22.5 Å². The summed E-state index contributed by atoms with van der Waals surface area (Å²) < 4.78 is 41.4. The van der Waals surface area contributed by atoms with Crippen LogP contribution in [-0.4, -0.2) is 150 Å². The molecule has 2 fully saturated rings. The van der Waals surface area contributed by atoms with E-state index in [1.54, 1.807) is 48.8 Å². The Morgan fingerprint density at radius 2 is 0.882 bits per heavy atom. The van der Waals surface area contributed by atoms with Gasteiger partial charge in [-0.2, -0.15) is 0 Å². The van der Waals surface area contributed by atoms with Crippen molar-refractivity contribution in [3.05, 3.63) is 48.8 Å². The van der Waals surface area contributed by atoms with Gasteiger partial charge in [-0.05, 0) is 24.3 Å². The van der Waals surface area contributed by atoms with Crippen LogP contribution in [0.3, 0.4) is 0 Å². The summed E-state index contributed by atoms with van der Waals surface area (Å²) in [5, 5.41) is 81.0. The highest BCUT2D eigenvalue weighted by atomic mass is 16.8. The molecule has 0 amide bonds. The predicted molar refractivity (Wildman–Crippen MR) is 172 cm³/mol. The molecule has 6 N–H and O–H groups in total. The molecule has 0 radical (unpaired) electrons. The van der Waals surface area contributed by atoms with Gasteiger partial charge in [-0.1, -0.05) is 10.4 Å². The summed E-state index contributed by atoms with van der Waals surface area (Å²) in [7, 11) is 6.07. The first kappa shape index (κ1) is 36.4. The highest BCUT2D eigenvalue weighted by Crippen LogP contribution is 2.32. The van der Waals surface area contributed by atoms with Crippen LogP contribution in [0.5, 0.6) is 23.0 Å². The molecule has 2 aromatic carbocycles. The second-order valence-electron chi connectivity index (χ2n) is 12.0. The van der Waals surface area contributed by atoms with Crippen LogP contribution >= 0.6 is 0 Å². The second kappa shape index (κ2) is 15.4. The van der Waals surface area contributed by atoms with Crippen molar-refractivity contribution >= 4 is 0 Å². The number of rotatable bonds is 12. The maximum Gasteiger partial charge on any atom is 0.189 e. The van der Waals surface area contributed by atoms with E-state index in [-0.39, 0.29) is 13.1 Å². The van der Waals surface area contributed by atoms with Crippen LogP contribution in [0.1, 0.15) is 0 Å². The molecule has 4 aromatic rings. The Bertz CT molecular complexity index is 1600. The van der Waals surface area contributed by atoms with Crippen molar-refractivity contribution in [3.63, 3.8) is 0 Å². The van der Waals surface area contributed by atoms with Crippen molar-refractivity contribution in [1.82, 2.24) is 30.0 Å². The lowest BCUT2D eigenvalue weighted by molar-refractivity contribution is -0.375. The number of benzene rings is 2. The molecule has 0 aliphatic carbocycles. The minimum absolute atomic E-state index is 0.134. The fraction of sp³-hybridized carbons (Fsp3) is 0.500. The van der Waals surface area contributed by atoms with Gasteiger partial charge >= 0.3 is 0 Å². The number of hydrogen-bond acceptors (Lipinski definition) is 17. The molecule has 0 bridgehead atoms. The number of ether oxygens (including phenoxy) is 7. The zero-order chi connectivity index (χ0) is 36.4. The molecule has 8 unspecified atom stereocenters. The monoisotopic (exact) mass is 716 g/mol. The van der Waals surface area contributed by atoms with Crippen LogP contribution in [-0.2, 0) is 27.3 Å². The first-order valence-corrected chi connectivity index (χ1v) is 15.8. The predicted octanol–water partition coefficient (Wildman–Crippen LogP) is -1.43. The first-order valence-electron chi connectivity index (χ1n) is 15.8. The molecule has 6 rings (SSSR count). The average molecular weight is 717 g/mol. The van der Waals surface area contributed by atoms with Crippen molar-refractivity contribution in [2.75, 3.05) is 28.4 Å². The largest absolute Gasteiger partial charge is 0.497 e. The van der Waals surface area contributed by atoms with Gasteiger partial charge < -0.3 is 63.8 Å². The fourth-order valence-electron chi connectivity index (χ4n) is 5.81. The summed E-state index contributed by atoms with van der Waals surface area (Å²) in [5.41, 5.74) is 2.18. The lowest BCUT2D eigenvalue weighted by Gasteiger charge is -2.45. The maximum atomic E-state index is 10.8. The number of nitrogens with zero attached hydrogens (tertiary/aromatic N) is 6. The molecule has 276 valence electrons. The topological polar surface area (TPSA) is 247 Å². The molecular formula is C32H40N6O13. The standard InChI is InChI=1S/C32H40N6O13/c1-45-17-5-15(6-18(9-17)46-2)21-11-37(35-33-21)13-23-25(39)27(41)29(43)31(49-23)51-32-30(44)28(42)26(40)24(50-32)14-38-12-22(34-36-38)16-7-19(47-3)10-20(8-16)48-4/h5-12,23-32,39-44H,13-14H2,1-4H3/t23-,24?,25?,26?,27?,28?,29?,30?,31-,32?/m1/s1. The number of aliphatic hydroxyl groups is 6. The molecule has 19 heteroatoms. The lowest BCUT2D eigenvalue weighted by atomic mass is 9.97. The first-order chi connectivity index (χ1) is 24.5. The van der Waals surface area contributed by atoms with Crippen molar-refractivity contribution in [3.8, 4) is 45.5 Å². The SMILES string of the molecule is COc1cc(OC)cc(-c2cn(CC3OC(O[C@H]4O[C@H](Cn5cc(-c6cc(OC)cc(OC)c6)nn5)C(O)C(O)C4O)C(O)C(O)C3O)nn2)c1. The van der Waals surface area contributed by atoms with Crippen molar-refractivity contribution < 1.29 is 63.8 Å². The number of hydrogen-bond donors (Lipinski definition) is 6. The third kappa shape index (κ3) is 7.76. The summed E-state index contributed by atoms with van der Waals surface area (Å²) in [6, 6.07) is 10.4. The summed E-state index contributed by atoms with van der Waals surface area (Å²) in [4.78, 5) is 0. The van der Waals surface area contributed by atoms with Crippen molar-refractivity contribution in [1.29, 1.82) is 0 Å². The minimum atomic E-state index is -1.79. The van der Waals surface area contributed by atoms with Gasteiger partial charge in [0.2, 0.25) is 0 Å². The Kier molecular flexibility index (Phi) is 11.0. The van der Waals surface area contributed by atoms with E-state index in [2.05, 4.69) is 20.6 Å². The molecule has 2 aromatic heterocycles. The Morgan fingerprint density at radius 3 is 1.22 bits per heavy atom. The zero-order valence-corrected chi connectivity index (χ0v) is 28.0. The van der Waals surface area contributed by atoms with Crippen molar-refractivity contribution in [2.45, 2.75) is 74.5 Å². The van der Waals surface area contributed by atoms with Gasteiger partial charge in [-0.3, -0.25) is 0 Å². The molecule has 4 heterocycles. The highest BCUT2D eigenvalue weighted by Gasteiger charge is 2.50. The molecule has 2 aliphatic heterocycles. The Labute approximate surface area is 291 Å². The van der Waals surface area contributed by atoms with E-state index in [9.17, 15) is 30.6 Å². The summed E-state index contributed by atoms with van der Waals surface area (Å²) in [5.74, 6) is 2.15. The quantitative estimate of drug-likeness (QED) is 0.0984. The highest BCUT2D eigenvalue weighted by molar-refractivity contribution is 5.63. The van der Waals surface area contributed by atoms with Gasteiger partial charge in [0.05, 0.1) is 53.9 Å². The molecule has 0 spiro atoms.